The van der Waals surface area contributed by atoms with E-state index < -0.39 is 0 Å². The van der Waals surface area contributed by atoms with Crippen LogP contribution in [0.25, 0.3) is 67.3 Å². The van der Waals surface area contributed by atoms with Gasteiger partial charge in [0.2, 0.25) is 0 Å². The smallest absolute Gasteiger partial charge is 0.170 e. The lowest BCUT2D eigenvalue weighted by atomic mass is 9.82. The minimum atomic E-state index is -0.121. The highest BCUT2D eigenvalue weighted by atomic mass is 16.6. The van der Waals surface area contributed by atoms with Crippen LogP contribution < -0.4 is 9.47 Å². The molecule has 0 radical (unpaired) electrons. The molecule has 10 rings (SSSR count). The van der Waals surface area contributed by atoms with E-state index in [9.17, 15) is 0 Å². The van der Waals surface area contributed by atoms with E-state index in [0.29, 0.717) is 17.3 Å². The summed E-state index contributed by atoms with van der Waals surface area (Å²) in [5, 5.41) is 0. The fraction of sp³-hybridized carbons (Fsp3) is 0.0612. The number of hydrogen-bond acceptors (Lipinski definition) is 4. The lowest BCUT2D eigenvalue weighted by Crippen LogP contribution is -2.15. The lowest BCUT2D eigenvalue weighted by Gasteiger charge is -2.25. The first kappa shape index (κ1) is 31.0. The van der Waals surface area contributed by atoms with Crippen molar-refractivity contribution in [3.8, 4) is 90.3 Å². The molecular weight excluding hydrogens is 649 g/mol. The normalized spacial score (nSPS) is 13.2. The van der Waals surface area contributed by atoms with Crippen LogP contribution in [-0.4, -0.2) is 9.97 Å². The Labute approximate surface area is 309 Å². The van der Waals surface area contributed by atoms with E-state index in [1.54, 1.807) is 0 Å². The Hall–Kier alpha value is -6.78. The first-order chi connectivity index (χ1) is 26.0. The molecule has 0 fully saturated rings. The van der Waals surface area contributed by atoms with Crippen molar-refractivity contribution in [2.24, 2.45) is 0 Å². The van der Waals surface area contributed by atoms with Gasteiger partial charge in [-0.1, -0.05) is 147 Å². The molecule has 0 amide bonds. The summed E-state index contributed by atoms with van der Waals surface area (Å²) in [6.45, 7) is 4.55. The summed E-state index contributed by atoms with van der Waals surface area (Å²) in [6.07, 6.45) is 0. The van der Waals surface area contributed by atoms with Crippen LogP contribution in [0, 0.1) is 0 Å². The van der Waals surface area contributed by atoms with E-state index in [1.165, 1.54) is 22.3 Å². The van der Waals surface area contributed by atoms with Gasteiger partial charge in [-0.05, 0) is 80.9 Å². The topological polar surface area (TPSA) is 44.2 Å². The SMILES string of the molecule is CC1(C)c2ccccc2-c2cc3c(cc21)Oc1ccc(-c2ccccc2-c2cc(-c4ccccc4)nc(-c4cccc(-c5ccccc5)c4)n2)cc1O3. The molecule has 4 heteroatoms. The number of nitrogens with zero attached hydrogens (tertiary/aromatic N) is 2. The fourth-order valence-corrected chi connectivity index (χ4v) is 7.84. The summed E-state index contributed by atoms with van der Waals surface area (Å²) in [5.41, 5.74) is 13.9. The molecule has 0 bridgehead atoms. The maximum Gasteiger partial charge on any atom is 0.170 e. The summed E-state index contributed by atoms with van der Waals surface area (Å²) >= 11 is 0. The van der Waals surface area contributed by atoms with Crippen LogP contribution in [0.15, 0.2) is 170 Å². The van der Waals surface area contributed by atoms with Crippen molar-refractivity contribution < 1.29 is 9.47 Å². The first-order valence-electron chi connectivity index (χ1n) is 18.0. The Morgan fingerprint density at radius 1 is 0.358 bits per heavy atom. The average Bonchev–Trinajstić information content (AvgIpc) is 3.44. The van der Waals surface area contributed by atoms with Crippen molar-refractivity contribution in [2.45, 2.75) is 19.3 Å². The second-order valence-corrected chi connectivity index (χ2v) is 14.2. The Morgan fingerprint density at radius 2 is 0.962 bits per heavy atom. The minimum Gasteiger partial charge on any atom is -0.450 e. The number of fused-ring (bicyclic) bond motifs is 5. The van der Waals surface area contributed by atoms with Crippen molar-refractivity contribution in [1.82, 2.24) is 9.97 Å². The van der Waals surface area contributed by atoms with E-state index in [0.717, 1.165) is 61.8 Å². The number of benzene rings is 7. The molecule has 4 nitrogen and oxygen atoms in total. The molecule has 1 aromatic heterocycles. The van der Waals surface area contributed by atoms with E-state index in [1.807, 2.05) is 30.3 Å². The number of rotatable bonds is 5. The van der Waals surface area contributed by atoms with Gasteiger partial charge in [0, 0.05) is 22.1 Å². The molecule has 252 valence electrons. The largest absolute Gasteiger partial charge is 0.450 e. The van der Waals surface area contributed by atoms with E-state index >= 15 is 0 Å². The molecule has 7 aromatic carbocycles. The summed E-state index contributed by atoms with van der Waals surface area (Å²) < 4.78 is 13.2. The van der Waals surface area contributed by atoms with E-state index in [-0.39, 0.29) is 5.41 Å². The number of aromatic nitrogens is 2. The molecule has 0 atom stereocenters. The standard InChI is InChI=1S/C49H34N2O2/c1-49(2)40-23-12-11-21-37(40)39-28-46-47(29-41(39)49)52-44-25-24-34(27-45(44)53-46)36-20-9-10-22-38(36)43-30-42(32-16-7-4-8-17-32)50-48(51-43)35-19-13-18-33(26-35)31-14-5-3-6-15-31/h3-30H,1-2H3. The first-order valence-corrected chi connectivity index (χ1v) is 18.0. The Morgan fingerprint density at radius 3 is 1.77 bits per heavy atom. The second kappa shape index (κ2) is 12.2. The van der Waals surface area contributed by atoms with E-state index in [2.05, 4.69) is 153 Å². The van der Waals surface area contributed by atoms with Gasteiger partial charge in [-0.3, -0.25) is 0 Å². The van der Waals surface area contributed by atoms with Crippen LogP contribution in [-0.2, 0) is 5.41 Å². The monoisotopic (exact) mass is 682 g/mol. The summed E-state index contributed by atoms with van der Waals surface area (Å²) in [7, 11) is 0. The molecule has 8 aromatic rings. The van der Waals surface area contributed by atoms with Gasteiger partial charge in [0.25, 0.3) is 0 Å². The molecule has 0 spiro atoms. The zero-order valence-corrected chi connectivity index (χ0v) is 29.4. The highest BCUT2D eigenvalue weighted by Gasteiger charge is 2.37. The lowest BCUT2D eigenvalue weighted by molar-refractivity contribution is 0.359. The summed E-state index contributed by atoms with van der Waals surface area (Å²) in [6, 6.07) is 58.8. The molecule has 0 unspecified atom stereocenters. The van der Waals surface area contributed by atoms with Crippen molar-refractivity contribution in [3.05, 3.63) is 181 Å². The second-order valence-electron chi connectivity index (χ2n) is 14.2. The molecule has 0 saturated heterocycles. The van der Waals surface area contributed by atoms with Gasteiger partial charge in [-0.25, -0.2) is 9.97 Å². The predicted molar refractivity (Wildman–Crippen MR) is 213 cm³/mol. The van der Waals surface area contributed by atoms with Crippen LogP contribution in [0.1, 0.15) is 25.0 Å². The number of hydrogen-bond donors (Lipinski definition) is 0. The van der Waals surface area contributed by atoms with Crippen LogP contribution in [0.3, 0.4) is 0 Å². The van der Waals surface area contributed by atoms with E-state index in [4.69, 9.17) is 19.4 Å². The van der Waals surface area contributed by atoms with Gasteiger partial charge in [0.05, 0.1) is 11.4 Å². The molecule has 0 saturated carbocycles. The third-order valence-corrected chi connectivity index (χ3v) is 10.6. The average molecular weight is 683 g/mol. The van der Waals surface area contributed by atoms with Gasteiger partial charge >= 0.3 is 0 Å². The highest BCUT2D eigenvalue weighted by Crippen LogP contribution is 2.55. The summed E-state index contributed by atoms with van der Waals surface area (Å²) in [5.74, 6) is 3.51. The molecule has 2 aliphatic rings. The highest BCUT2D eigenvalue weighted by molar-refractivity contribution is 5.86. The van der Waals surface area contributed by atoms with Gasteiger partial charge in [-0.15, -0.1) is 0 Å². The molecular formula is C49H34N2O2. The quantitative estimate of drug-likeness (QED) is 0.181. The Kier molecular flexibility index (Phi) is 7.12. The third kappa shape index (κ3) is 5.30. The van der Waals surface area contributed by atoms with Gasteiger partial charge in [-0.2, -0.15) is 0 Å². The minimum absolute atomic E-state index is 0.121. The molecule has 1 aliphatic carbocycles. The molecule has 53 heavy (non-hydrogen) atoms. The third-order valence-electron chi connectivity index (χ3n) is 10.6. The van der Waals surface area contributed by atoms with Crippen LogP contribution in [0.5, 0.6) is 23.0 Å². The zero-order valence-electron chi connectivity index (χ0n) is 29.4. The number of ether oxygens (including phenoxy) is 2. The maximum atomic E-state index is 6.64. The van der Waals surface area contributed by atoms with Gasteiger partial charge < -0.3 is 9.47 Å². The maximum absolute atomic E-state index is 6.64. The zero-order chi connectivity index (χ0) is 35.5. The van der Waals surface area contributed by atoms with Gasteiger partial charge in [0.1, 0.15) is 0 Å². The van der Waals surface area contributed by atoms with Crippen molar-refractivity contribution in [1.29, 1.82) is 0 Å². The molecule has 2 heterocycles. The molecule has 0 N–H and O–H groups in total. The Balaban J connectivity index is 1.06. The summed E-state index contributed by atoms with van der Waals surface area (Å²) in [4.78, 5) is 10.3. The van der Waals surface area contributed by atoms with Crippen molar-refractivity contribution >= 4 is 0 Å². The van der Waals surface area contributed by atoms with Crippen LogP contribution in [0.4, 0.5) is 0 Å². The molecule has 1 aliphatic heterocycles. The predicted octanol–water partition coefficient (Wildman–Crippen LogP) is 13.0. The van der Waals surface area contributed by atoms with Crippen LogP contribution in [0.2, 0.25) is 0 Å². The fourth-order valence-electron chi connectivity index (χ4n) is 7.84. The van der Waals surface area contributed by atoms with Crippen molar-refractivity contribution in [2.75, 3.05) is 0 Å². The van der Waals surface area contributed by atoms with Crippen LogP contribution >= 0.6 is 0 Å². The van der Waals surface area contributed by atoms with Gasteiger partial charge in [0.15, 0.2) is 28.8 Å². The Bertz CT molecular complexity index is 2700. The van der Waals surface area contributed by atoms with Crippen molar-refractivity contribution in [3.63, 3.8) is 0 Å².